The molecule has 0 saturated heterocycles. The van der Waals surface area contributed by atoms with E-state index < -0.39 is 0 Å². The smallest absolute Gasteiger partial charge is 0.221 e. The molecule has 0 aliphatic heterocycles. The molecule has 4 nitrogen and oxygen atoms in total. The molecular weight excluding hydrogens is 212 g/mol. The van der Waals surface area contributed by atoms with Gasteiger partial charge in [-0.3, -0.25) is 0 Å². The van der Waals surface area contributed by atoms with Crippen molar-refractivity contribution in [3.8, 4) is 0 Å². The normalized spacial score (nSPS) is 24.6. The van der Waals surface area contributed by atoms with Gasteiger partial charge in [0.1, 0.15) is 5.82 Å². The molecule has 0 atom stereocenters. The minimum atomic E-state index is 0.343. The van der Waals surface area contributed by atoms with E-state index in [9.17, 15) is 0 Å². The molecule has 4 heteroatoms. The number of rotatable bonds is 3. The number of aryl methyl sites for hydroxylation is 1. The van der Waals surface area contributed by atoms with E-state index in [0.29, 0.717) is 5.95 Å². The highest BCUT2D eigenvalue weighted by atomic mass is 15.1. The van der Waals surface area contributed by atoms with Gasteiger partial charge in [-0.15, -0.1) is 0 Å². The zero-order chi connectivity index (χ0) is 12.3. The maximum absolute atomic E-state index is 5.59. The molecule has 17 heavy (non-hydrogen) atoms. The van der Waals surface area contributed by atoms with Gasteiger partial charge in [-0.25, -0.2) is 4.98 Å². The monoisotopic (exact) mass is 234 g/mol. The van der Waals surface area contributed by atoms with Crippen molar-refractivity contribution < 1.29 is 0 Å². The van der Waals surface area contributed by atoms with Crippen LogP contribution in [0.1, 0.15) is 38.2 Å². The third-order valence-electron chi connectivity index (χ3n) is 3.68. The topological polar surface area (TPSA) is 63.8 Å². The summed E-state index contributed by atoms with van der Waals surface area (Å²) in [7, 11) is 0. The van der Waals surface area contributed by atoms with Crippen molar-refractivity contribution in [3.05, 3.63) is 11.8 Å². The zero-order valence-corrected chi connectivity index (χ0v) is 10.7. The number of nitrogens with zero attached hydrogens (tertiary/aromatic N) is 2. The minimum absolute atomic E-state index is 0.343. The molecule has 0 amide bonds. The molecule has 94 valence electrons. The fourth-order valence-electron chi connectivity index (χ4n) is 2.41. The Labute approximate surface area is 103 Å². The quantitative estimate of drug-likeness (QED) is 0.843. The van der Waals surface area contributed by atoms with Gasteiger partial charge in [-0.05, 0) is 31.6 Å². The fraction of sp³-hybridized carbons (Fsp3) is 0.692. The van der Waals surface area contributed by atoms with Crippen LogP contribution < -0.4 is 11.1 Å². The predicted octanol–water partition coefficient (Wildman–Crippen LogP) is 2.61. The minimum Gasteiger partial charge on any atom is -0.369 e. The summed E-state index contributed by atoms with van der Waals surface area (Å²) in [6.45, 7) is 5.35. The van der Waals surface area contributed by atoms with E-state index in [1.807, 2.05) is 6.92 Å². The van der Waals surface area contributed by atoms with Crippen LogP contribution in [-0.4, -0.2) is 16.5 Å². The van der Waals surface area contributed by atoms with E-state index in [2.05, 4.69) is 22.2 Å². The second kappa shape index (κ2) is 5.34. The van der Waals surface area contributed by atoms with Gasteiger partial charge in [0.25, 0.3) is 0 Å². The standard InChI is InChI=1S/C13H22N4/c1-9-3-5-11(6-4-9)8-15-12-10(2)7-16-13(14)17-12/h7,9,11H,3-6,8H2,1-2H3,(H3,14,15,16,17). The second-order valence-corrected chi connectivity index (χ2v) is 5.27. The van der Waals surface area contributed by atoms with E-state index in [-0.39, 0.29) is 0 Å². The van der Waals surface area contributed by atoms with Crippen LogP contribution in [0.4, 0.5) is 11.8 Å². The molecule has 1 aromatic rings. The molecule has 1 aromatic heterocycles. The van der Waals surface area contributed by atoms with Crippen molar-refractivity contribution in [2.45, 2.75) is 39.5 Å². The average Bonchev–Trinajstić information content (AvgIpc) is 2.32. The first kappa shape index (κ1) is 12.1. The van der Waals surface area contributed by atoms with Crippen LogP contribution in [0.15, 0.2) is 6.20 Å². The van der Waals surface area contributed by atoms with Crippen molar-refractivity contribution in [3.63, 3.8) is 0 Å². The van der Waals surface area contributed by atoms with Gasteiger partial charge < -0.3 is 11.1 Å². The van der Waals surface area contributed by atoms with Gasteiger partial charge in [-0.2, -0.15) is 4.98 Å². The molecule has 1 heterocycles. The maximum atomic E-state index is 5.59. The fourth-order valence-corrected chi connectivity index (χ4v) is 2.41. The largest absolute Gasteiger partial charge is 0.369 e. The van der Waals surface area contributed by atoms with Crippen LogP contribution in [0.3, 0.4) is 0 Å². The van der Waals surface area contributed by atoms with E-state index in [0.717, 1.165) is 29.8 Å². The maximum Gasteiger partial charge on any atom is 0.221 e. The number of aromatic nitrogens is 2. The lowest BCUT2D eigenvalue weighted by Crippen LogP contribution is -2.21. The van der Waals surface area contributed by atoms with Crippen molar-refractivity contribution in [1.82, 2.24) is 9.97 Å². The lowest BCUT2D eigenvalue weighted by molar-refractivity contribution is 0.300. The first-order chi connectivity index (χ1) is 8.15. The SMILES string of the molecule is Cc1cnc(N)nc1NCC1CCC(C)CC1. The Bertz CT molecular complexity index is 370. The van der Waals surface area contributed by atoms with Crippen LogP contribution in [0.2, 0.25) is 0 Å². The summed E-state index contributed by atoms with van der Waals surface area (Å²) in [5.74, 6) is 2.91. The third kappa shape index (κ3) is 3.32. The van der Waals surface area contributed by atoms with Crippen LogP contribution >= 0.6 is 0 Å². The Kier molecular flexibility index (Phi) is 3.82. The van der Waals surface area contributed by atoms with Crippen molar-refractivity contribution >= 4 is 11.8 Å². The van der Waals surface area contributed by atoms with Gasteiger partial charge in [0.05, 0.1) is 0 Å². The lowest BCUT2D eigenvalue weighted by atomic mass is 9.83. The summed E-state index contributed by atoms with van der Waals surface area (Å²) in [6, 6.07) is 0. The summed E-state index contributed by atoms with van der Waals surface area (Å²) in [6.07, 6.45) is 7.14. The third-order valence-corrected chi connectivity index (χ3v) is 3.68. The summed E-state index contributed by atoms with van der Waals surface area (Å²) in [4.78, 5) is 8.20. The summed E-state index contributed by atoms with van der Waals surface area (Å²) in [5.41, 5.74) is 6.65. The highest BCUT2D eigenvalue weighted by molar-refractivity contribution is 5.45. The molecule has 3 N–H and O–H groups in total. The summed E-state index contributed by atoms with van der Waals surface area (Å²) >= 11 is 0. The molecule has 0 bridgehead atoms. The molecule has 1 fully saturated rings. The first-order valence-corrected chi connectivity index (χ1v) is 6.48. The zero-order valence-electron chi connectivity index (χ0n) is 10.7. The van der Waals surface area contributed by atoms with Gasteiger partial charge in [-0.1, -0.05) is 19.8 Å². The number of hydrogen-bond donors (Lipinski definition) is 2. The van der Waals surface area contributed by atoms with Gasteiger partial charge in [0, 0.05) is 18.3 Å². The molecule has 1 aliphatic rings. The van der Waals surface area contributed by atoms with E-state index in [4.69, 9.17) is 5.73 Å². The predicted molar refractivity (Wildman–Crippen MR) is 70.8 cm³/mol. The molecular formula is C13H22N4. The molecule has 1 saturated carbocycles. The van der Waals surface area contributed by atoms with Gasteiger partial charge in [0.15, 0.2) is 0 Å². The Morgan fingerprint density at radius 1 is 1.35 bits per heavy atom. The number of hydrogen-bond acceptors (Lipinski definition) is 4. The van der Waals surface area contributed by atoms with Crippen LogP contribution in [0, 0.1) is 18.8 Å². The Balaban J connectivity index is 1.87. The van der Waals surface area contributed by atoms with Gasteiger partial charge >= 0.3 is 0 Å². The Hall–Kier alpha value is -1.32. The van der Waals surface area contributed by atoms with Crippen molar-refractivity contribution in [1.29, 1.82) is 0 Å². The molecule has 0 spiro atoms. The van der Waals surface area contributed by atoms with Crippen molar-refractivity contribution in [2.24, 2.45) is 11.8 Å². The van der Waals surface area contributed by atoms with Crippen molar-refractivity contribution in [2.75, 3.05) is 17.6 Å². The van der Waals surface area contributed by atoms with Crippen LogP contribution in [0.25, 0.3) is 0 Å². The van der Waals surface area contributed by atoms with E-state index >= 15 is 0 Å². The summed E-state index contributed by atoms with van der Waals surface area (Å²) < 4.78 is 0. The van der Waals surface area contributed by atoms with E-state index in [1.165, 1.54) is 25.7 Å². The molecule has 1 aliphatic carbocycles. The average molecular weight is 234 g/mol. The first-order valence-electron chi connectivity index (χ1n) is 6.48. The molecule has 0 aromatic carbocycles. The van der Waals surface area contributed by atoms with Gasteiger partial charge in [0.2, 0.25) is 5.95 Å². The number of nitrogens with two attached hydrogens (primary N) is 1. The number of nitrogens with one attached hydrogen (secondary N) is 1. The number of anilines is 2. The van der Waals surface area contributed by atoms with E-state index in [1.54, 1.807) is 6.20 Å². The molecule has 0 unspecified atom stereocenters. The Morgan fingerprint density at radius 2 is 2.06 bits per heavy atom. The van der Waals surface area contributed by atoms with Crippen LogP contribution in [-0.2, 0) is 0 Å². The van der Waals surface area contributed by atoms with Crippen LogP contribution in [0.5, 0.6) is 0 Å². The highest BCUT2D eigenvalue weighted by Crippen LogP contribution is 2.28. The number of nitrogen functional groups attached to an aromatic ring is 1. The molecule has 2 rings (SSSR count). The molecule has 0 radical (unpaired) electrons. The lowest BCUT2D eigenvalue weighted by Gasteiger charge is -2.26. The Morgan fingerprint density at radius 3 is 2.76 bits per heavy atom. The summed E-state index contributed by atoms with van der Waals surface area (Å²) in [5, 5.41) is 3.41. The highest BCUT2D eigenvalue weighted by Gasteiger charge is 2.18. The second-order valence-electron chi connectivity index (χ2n) is 5.27.